The highest BCUT2D eigenvalue weighted by molar-refractivity contribution is 6.32. The Kier molecular flexibility index (Phi) is 8.16. The molecule has 1 aromatic carbocycles. The molecule has 1 aliphatic carbocycles. The number of carbonyl (C=O) groups is 2. The Bertz CT molecular complexity index is 1410. The maximum absolute atomic E-state index is 15.6. The zero-order chi connectivity index (χ0) is 29.3. The van der Waals surface area contributed by atoms with Crippen LogP contribution in [0.3, 0.4) is 0 Å². The number of amides is 2. The lowest BCUT2D eigenvalue weighted by atomic mass is 10.1. The Morgan fingerprint density at radius 1 is 1.12 bits per heavy atom. The molecule has 41 heavy (non-hydrogen) atoms. The summed E-state index contributed by atoms with van der Waals surface area (Å²) in [5.74, 6) is -3.31. The molecule has 1 aliphatic heterocycles. The van der Waals surface area contributed by atoms with Gasteiger partial charge in [-0.3, -0.25) is 14.5 Å². The number of hydrogen-bond acceptors (Lipinski definition) is 5. The minimum absolute atomic E-state index is 0.00128. The molecule has 2 unspecified atom stereocenters. The van der Waals surface area contributed by atoms with Gasteiger partial charge in [-0.1, -0.05) is 11.6 Å². The van der Waals surface area contributed by atoms with Crippen LogP contribution in [0.1, 0.15) is 48.8 Å². The minimum Gasteiger partial charge on any atom is -0.371 e. The fourth-order valence-electron chi connectivity index (χ4n) is 5.07. The molecule has 8 nitrogen and oxygen atoms in total. The normalized spacial score (nSPS) is 16.9. The fraction of sp³-hybridized carbons (Fsp3) is 0.407. The SMILES string of the molecule is O=C(Nc1cn(CC(F)(F)F)cc1C1CC1)C(c1cncnc1)N(C(=O)C(F)Cl)c1ccc(N2CCCC2)cc1F. The number of nitrogens with one attached hydrogen (secondary N) is 1. The number of rotatable bonds is 9. The van der Waals surface area contributed by atoms with E-state index in [0.717, 1.165) is 55.9 Å². The third-order valence-electron chi connectivity index (χ3n) is 7.04. The standard InChI is InChI=1S/C27H26ClF5N6O2/c28-24(30)26(41)39(22-6-5-18(9-20(22)29)38-7-1-2-8-38)23(17-10-34-15-35-11-17)25(40)36-21-13-37(14-27(31,32)33)12-19(21)16-3-4-16/h5-6,9-13,15-16,23-24H,1-4,7-8,14H2,(H,36,40). The van der Waals surface area contributed by atoms with Crippen molar-refractivity contribution in [1.29, 1.82) is 0 Å². The maximum atomic E-state index is 15.6. The highest BCUT2D eigenvalue weighted by atomic mass is 35.5. The van der Waals surface area contributed by atoms with E-state index >= 15 is 4.39 Å². The predicted molar refractivity (Wildman–Crippen MR) is 142 cm³/mol. The summed E-state index contributed by atoms with van der Waals surface area (Å²) in [7, 11) is 0. The summed E-state index contributed by atoms with van der Waals surface area (Å²) in [4.78, 5) is 37.3. The molecule has 2 atom stereocenters. The molecule has 5 rings (SSSR count). The first-order valence-corrected chi connectivity index (χ1v) is 13.4. The van der Waals surface area contributed by atoms with Gasteiger partial charge in [-0.25, -0.2) is 18.7 Å². The summed E-state index contributed by atoms with van der Waals surface area (Å²) in [6, 6.07) is 2.30. The van der Waals surface area contributed by atoms with Gasteiger partial charge in [0.05, 0.1) is 11.4 Å². The van der Waals surface area contributed by atoms with Crippen molar-refractivity contribution in [2.45, 2.75) is 56.0 Å². The van der Waals surface area contributed by atoms with E-state index in [9.17, 15) is 27.2 Å². The molecule has 1 saturated carbocycles. The first-order valence-electron chi connectivity index (χ1n) is 13.0. The van der Waals surface area contributed by atoms with E-state index in [4.69, 9.17) is 11.6 Å². The lowest BCUT2D eigenvalue weighted by molar-refractivity contribution is -0.140. The number of nitrogens with zero attached hydrogens (tertiary/aromatic N) is 5. The second-order valence-electron chi connectivity index (χ2n) is 10.1. The summed E-state index contributed by atoms with van der Waals surface area (Å²) in [5.41, 5.74) is -1.90. The van der Waals surface area contributed by atoms with E-state index in [1.807, 2.05) is 4.90 Å². The molecular formula is C27H26ClF5N6O2. The topological polar surface area (TPSA) is 83.4 Å². The van der Waals surface area contributed by atoms with Crippen LogP contribution in [0.2, 0.25) is 0 Å². The van der Waals surface area contributed by atoms with Crippen LogP contribution >= 0.6 is 11.6 Å². The second-order valence-corrected chi connectivity index (χ2v) is 10.5. The molecule has 3 aromatic rings. The molecule has 2 fully saturated rings. The first kappa shape index (κ1) is 28.8. The van der Waals surface area contributed by atoms with Crippen LogP contribution in [0, 0.1) is 5.82 Å². The lowest BCUT2D eigenvalue weighted by Gasteiger charge is -2.32. The van der Waals surface area contributed by atoms with Crippen LogP contribution in [-0.2, 0) is 16.1 Å². The number of halogens is 6. The molecule has 0 bridgehead atoms. The van der Waals surface area contributed by atoms with Gasteiger partial charge in [-0.2, -0.15) is 13.2 Å². The molecule has 0 radical (unpaired) electrons. The van der Waals surface area contributed by atoms with E-state index in [0.29, 0.717) is 16.2 Å². The molecule has 2 aliphatic rings. The average Bonchev–Trinajstić information content (AvgIpc) is 3.46. The molecule has 2 amide bonds. The van der Waals surface area contributed by atoms with Crippen molar-refractivity contribution in [3.63, 3.8) is 0 Å². The second kappa shape index (κ2) is 11.6. The van der Waals surface area contributed by atoms with Crippen LogP contribution in [0.25, 0.3) is 0 Å². The van der Waals surface area contributed by atoms with E-state index in [2.05, 4.69) is 15.3 Å². The molecule has 2 aromatic heterocycles. The molecule has 14 heteroatoms. The van der Waals surface area contributed by atoms with E-state index in [1.165, 1.54) is 30.7 Å². The minimum atomic E-state index is -4.50. The van der Waals surface area contributed by atoms with Gasteiger partial charge in [0.1, 0.15) is 24.7 Å². The molecular weight excluding hydrogens is 571 g/mol. The Morgan fingerprint density at radius 2 is 1.80 bits per heavy atom. The van der Waals surface area contributed by atoms with Crippen molar-refractivity contribution in [3.05, 3.63) is 66.3 Å². The quantitative estimate of drug-likeness (QED) is 0.253. The van der Waals surface area contributed by atoms with Crippen molar-refractivity contribution in [1.82, 2.24) is 14.5 Å². The summed E-state index contributed by atoms with van der Waals surface area (Å²) < 4.78 is 70.1. The van der Waals surface area contributed by atoms with Crippen LogP contribution in [-0.4, -0.2) is 51.2 Å². The lowest BCUT2D eigenvalue weighted by Crippen LogP contribution is -2.44. The first-order chi connectivity index (χ1) is 19.5. The Labute approximate surface area is 237 Å². The van der Waals surface area contributed by atoms with Crippen LogP contribution in [0.15, 0.2) is 49.3 Å². The Morgan fingerprint density at radius 3 is 2.39 bits per heavy atom. The molecule has 3 heterocycles. The third kappa shape index (κ3) is 6.61. The van der Waals surface area contributed by atoms with Gasteiger partial charge >= 0.3 is 6.18 Å². The highest BCUT2D eigenvalue weighted by Crippen LogP contribution is 2.44. The van der Waals surface area contributed by atoms with E-state index in [-0.39, 0.29) is 17.2 Å². The van der Waals surface area contributed by atoms with Crippen LogP contribution in [0.4, 0.5) is 39.0 Å². The molecule has 1 saturated heterocycles. The van der Waals surface area contributed by atoms with Gasteiger partial charge in [-0.15, -0.1) is 0 Å². The fourth-order valence-corrected chi connectivity index (χ4v) is 5.18. The van der Waals surface area contributed by atoms with Gasteiger partial charge < -0.3 is 14.8 Å². The average molecular weight is 597 g/mol. The Balaban J connectivity index is 1.55. The largest absolute Gasteiger partial charge is 0.406 e. The summed E-state index contributed by atoms with van der Waals surface area (Å²) >= 11 is 5.54. The zero-order valence-electron chi connectivity index (χ0n) is 21.6. The summed E-state index contributed by atoms with van der Waals surface area (Å²) in [6.07, 6.45) is 4.86. The van der Waals surface area contributed by atoms with Crippen molar-refractivity contribution < 1.29 is 31.5 Å². The number of carbonyl (C=O) groups excluding carboxylic acids is 2. The van der Waals surface area contributed by atoms with Crippen LogP contribution in [0.5, 0.6) is 0 Å². The van der Waals surface area contributed by atoms with Gasteiger partial charge in [0.2, 0.25) is 0 Å². The van der Waals surface area contributed by atoms with E-state index < -0.39 is 47.7 Å². The van der Waals surface area contributed by atoms with Gasteiger partial charge in [0.25, 0.3) is 17.4 Å². The van der Waals surface area contributed by atoms with Crippen LogP contribution < -0.4 is 15.1 Å². The summed E-state index contributed by atoms with van der Waals surface area (Å²) in [6.45, 7) is 0.173. The van der Waals surface area contributed by atoms with E-state index in [1.54, 1.807) is 6.07 Å². The third-order valence-corrected chi connectivity index (χ3v) is 7.22. The smallest absolute Gasteiger partial charge is 0.371 e. The van der Waals surface area contributed by atoms with Crippen molar-refractivity contribution in [2.24, 2.45) is 0 Å². The van der Waals surface area contributed by atoms with Gasteiger partial charge in [-0.05, 0) is 55.4 Å². The number of anilines is 3. The van der Waals surface area contributed by atoms with Crippen molar-refractivity contribution >= 4 is 40.5 Å². The highest BCUT2D eigenvalue weighted by Gasteiger charge is 2.39. The number of hydrogen-bond donors (Lipinski definition) is 1. The van der Waals surface area contributed by atoms with Crippen molar-refractivity contribution in [2.75, 3.05) is 28.2 Å². The zero-order valence-corrected chi connectivity index (χ0v) is 22.4. The number of alkyl halides is 5. The maximum Gasteiger partial charge on any atom is 0.406 e. The molecule has 218 valence electrons. The monoisotopic (exact) mass is 596 g/mol. The van der Waals surface area contributed by atoms with Gasteiger partial charge in [0, 0.05) is 49.1 Å². The van der Waals surface area contributed by atoms with Crippen molar-refractivity contribution in [3.8, 4) is 0 Å². The molecule has 0 spiro atoms. The summed E-state index contributed by atoms with van der Waals surface area (Å²) in [5, 5.41) is 2.58. The number of benzene rings is 1. The van der Waals surface area contributed by atoms with Gasteiger partial charge in [0.15, 0.2) is 0 Å². The molecule has 1 N–H and O–H groups in total. The Hall–Kier alpha value is -3.74. The predicted octanol–water partition coefficient (Wildman–Crippen LogP) is 5.70. The number of aromatic nitrogens is 3.